The van der Waals surface area contributed by atoms with Crippen LogP contribution in [0.5, 0.6) is 0 Å². The maximum absolute atomic E-state index is 11.6. The van der Waals surface area contributed by atoms with Gasteiger partial charge in [-0.3, -0.25) is 5.32 Å². The van der Waals surface area contributed by atoms with Gasteiger partial charge in [-0.15, -0.1) is 0 Å². The Bertz CT molecular complexity index is 684. The molecule has 4 unspecified atom stereocenters. The molecule has 0 aliphatic heterocycles. The van der Waals surface area contributed by atoms with Crippen LogP contribution in [0.25, 0.3) is 0 Å². The number of carbonyl (C=O) groups is 1. The largest absolute Gasteiger partial charge is 0.453 e. The number of hydrogen-bond donors (Lipinski definition) is 7. The predicted octanol–water partition coefficient (Wildman–Crippen LogP) is 0.0221. The van der Waals surface area contributed by atoms with Crippen molar-refractivity contribution in [2.45, 2.75) is 62.6 Å². The first kappa shape index (κ1) is 24.2. The van der Waals surface area contributed by atoms with Crippen molar-refractivity contribution in [2.75, 3.05) is 36.2 Å². The fourth-order valence-electron chi connectivity index (χ4n) is 3.72. The zero-order valence-corrected chi connectivity index (χ0v) is 17.1. The molecular weight excluding hydrogens is 394 g/mol. The van der Waals surface area contributed by atoms with Crippen molar-refractivity contribution in [3.05, 3.63) is 18.2 Å². The summed E-state index contributed by atoms with van der Waals surface area (Å²) in [6.45, 7) is -0.763. The average molecular weight is 427 g/mol. The van der Waals surface area contributed by atoms with Crippen LogP contribution in [0.2, 0.25) is 0 Å². The normalized spacial score (nSPS) is 18.9. The lowest BCUT2D eigenvalue weighted by Gasteiger charge is -2.39. The number of methoxy groups -OCH3 is 1. The molecule has 1 saturated carbocycles. The van der Waals surface area contributed by atoms with Crippen LogP contribution in [0, 0.1) is 0 Å². The molecule has 0 heterocycles. The lowest BCUT2D eigenvalue weighted by Crippen LogP contribution is -2.51. The van der Waals surface area contributed by atoms with E-state index >= 15 is 0 Å². The summed E-state index contributed by atoms with van der Waals surface area (Å²) >= 11 is 0. The zero-order chi connectivity index (χ0) is 22.3. The Morgan fingerprint density at radius 1 is 1.17 bits per heavy atom. The lowest BCUT2D eigenvalue weighted by molar-refractivity contribution is -0.113. The first-order valence-electron chi connectivity index (χ1n) is 10.1. The number of nitrogens with one attached hydrogen (secondary N) is 1. The molecule has 4 atom stereocenters. The molecule has 1 aliphatic carbocycles. The maximum Gasteiger partial charge on any atom is 0.411 e. The van der Waals surface area contributed by atoms with E-state index in [0.717, 1.165) is 32.1 Å². The Hall–Kier alpha value is -2.11. The molecule has 1 aromatic rings. The molecule has 30 heavy (non-hydrogen) atoms. The third-order valence-electron chi connectivity index (χ3n) is 5.52. The van der Waals surface area contributed by atoms with E-state index < -0.39 is 37.1 Å². The van der Waals surface area contributed by atoms with Crippen molar-refractivity contribution in [3.8, 4) is 0 Å². The monoisotopic (exact) mass is 427 g/mol. The van der Waals surface area contributed by atoms with Crippen LogP contribution in [-0.4, -0.2) is 82.3 Å². The number of rotatable bonds is 9. The van der Waals surface area contributed by atoms with Crippen molar-refractivity contribution in [1.29, 1.82) is 0 Å². The topological polar surface area (TPSA) is 169 Å². The van der Waals surface area contributed by atoms with Crippen LogP contribution in [0.15, 0.2) is 18.2 Å². The van der Waals surface area contributed by atoms with E-state index in [1.807, 2.05) is 4.90 Å². The number of amides is 1. The highest BCUT2D eigenvalue weighted by atomic mass is 16.5. The highest BCUT2D eigenvalue weighted by molar-refractivity contribution is 5.90. The number of nitrogens with two attached hydrogens (primary N) is 1. The zero-order valence-electron chi connectivity index (χ0n) is 17.1. The lowest BCUT2D eigenvalue weighted by atomic mass is 9.92. The third-order valence-corrected chi connectivity index (χ3v) is 5.52. The van der Waals surface area contributed by atoms with Crippen LogP contribution < -0.4 is 16.0 Å². The third kappa shape index (κ3) is 6.19. The summed E-state index contributed by atoms with van der Waals surface area (Å²) in [5.74, 6) is 0. The Morgan fingerprint density at radius 3 is 2.40 bits per heavy atom. The standard InChI is InChI=1S/C20H33N3O7/c1-30-20(29)22-15-9-13(7-8-14(15)21)23(12-5-3-2-4-6-12)10-16(25)18(27)19(28)17(26)11-24/h7-9,12,16-19,24-28H,2-6,10-11,21H2,1H3,(H,22,29). The van der Waals surface area contributed by atoms with Gasteiger partial charge in [0.25, 0.3) is 0 Å². The van der Waals surface area contributed by atoms with Crippen molar-refractivity contribution in [1.82, 2.24) is 0 Å². The highest BCUT2D eigenvalue weighted by Gasteiger charge is 2.33. The van der Waals surface area contributed by atoms with Crippen LogP contribution in [0.3, 0.4) is 0 Å². The van der Waals surface area contributed by atoms with Gasteiger partial charge in [-0.25, -0.2) is 4.79 Å². The number of benzene rings is 1. The van der Waals surface area contributed by atoms with E-state index in [1.54, 1.807) is 18.2 Å². The molecule has 0 radical (unpaired) electrons. The van der Waals surface area contributed by atoms with E-state index in [4.69, 9.17) is 10.8 Å². The highest BCUT2D eigenvalue weighted by Crippen LogP contribution is 2.32. The summed E-state index contributed by atoms with van der Waals surface area (Å²) in [4.78, 5) is 13.5. The van der Waals surface area contributed by atoms with Gasteiger partial charge in [0.15, 0.2) is 0 Å². The smallest absolute Gasteiger partial charge is 0.411 e. The first-order chi connectivity index (χ1) is 14.3. The molecule has 8 N–H and O–H groups in total. The Morgan fingerprint density at radius 2 is 1.80 bits per heavy atom. The summed E-state index contributed by atoms with van der Waals surface area (Å²) in [5.41, 5.74) is 7.31. The Labute approximate surface area is 175 Å². The van der Waals surface area contributed by atoms with Crippen molar-refractivity contribution in [3.63, 3.8) is 0 Å². The van der Waals surface area contributed by atoms with Crippen molar-refractivity contribution >= 4 is 23.2 Å². The summed E-state index contributed by atoms with van der Waals surface area (Å²) < 4.78 is 4.62. The Balaban J connectivity index is 2.27. The number of ether oxygens (including phenoxy) is 1. The molecule has 10 heteroatoms. The van der Waals surface area contributed by atoms with Crippen LogP contribution >= 0.6 is 0 Å². The minimum atomic E-state index is -1.69. The number of nitrogens with zero attached hydrogens (tertiary/aromatic N) is 1. The number of aliphatic hydroxyl groups is 5. The number of aliphatic hydroxyl groups excluding tert-OH is 5. The fourth-order valence-corrected chi connectivity index (χ4v) is 3.72. The molecule has 170 valence electrons. The van der Waals surface area contributed by atoms with E-state index in [1.165, 1.54) is 7.11 Å². The van der Waals surface area contributed by atoms with Crippen LogP contribution in [-0.2, 0) is 4.74 Å². The summed E-state index contributed by atoms with van der Waals surface area (Å²) in [6, 6.07) is 5.13. The van der Waals surface area contributed by atoms with Gasteiger partial charge in [-0.05, 0) is 31.0 Å². The van der Waals surface area contributed by atoms with E-state index in [0.29, 0.717) is 17.1 Å². The van der Waals surface area contributed by atoms with Gasteiger partial charge in [0, 0.05) is 18.3 Å². The average Bonchev–Trinajstić information content (AvgIpc) is 2.77. The van der Waals surface area contributed by atoms with E-state index in [2.05, 4.69) is 10.1 Å². The second-order valence-corrected chi connectivity index (χ2v) is 7.63. The number of nitrogen functional groups attached to an aromatic ring is 1. The summed E-state index contributed by atoms with van der Waals surface area (Å²) in [5, 5.41) is 51.8. The Kier molecular flexibility index (Phi) is 9.12. The molecular formula is C20H33N3O7. The number of hydrogen-bond acceptors (Lipinski definition) is 9. The van der Waals surface area contributed by atoms with Gasteiger partial charge >= 0.3 is 6.09 Å². The van der Waals surface area contributed by atoms with Gasteiger partial charge in [-0.2, -0.15) is 0 Å². The second kappa shape index (κ2) is 11.3. The number of anilines is 3. The molecule has 0 aromatic heterocycles. The van der Waals surface area contributed by atoms with Gasteiger partial charge in [0.1, 0.15) is 18.3 Å². The van der Waals surface area contributed by atoms with Crippen LogP contribution in [0.4, 0.5) is 21.9 Å². The second-order valence-electron chi connectivity index (χ2n) is 7.63. The molecule has 10 nitrogen and oxygen atoms in total. The minimum Gasteiger partial charge on any atom is -0.453 e. The molecule has 2 rings (SSSR count). The van der Waals surface area contributed by atoms with Gasteiger partial charge in [0.2, 0.25) is 0 Å². The maximum atomic E-state index is 11.6. The molecule has 1 aromatic carbocycles. The van der Waals surface area contributed by atoms with Crippen molar-refractivity contribution < 1.29 is 35.1 Å². The first-order valence-corrected chi connectivity index (χ1v) is 10.1. The van der Waals surface area contributed by atoms with Gasteiger partial charge in [0.05, 0.1) is 31.2 Å². The SMILES string of the molecule is COC(=O)Nc1cc(N(CC(O)C(O)C(O)C(O)CO)C2CCCCC2)ccc1N. The molecule has 0 saturated heterocycles. The predicted molar refractivity (Wildman–Crippen MR) is 112 cm³/mol. The fraction of sp³-hybridized carbons (Fsp3) is 0.650. The van der Waals surface area contributed by atoms with E-state index in [9.17, 15) is 25.2 Å². The minimum absolute atomic E-state index is 0.0252. The van der Waals surface area contributed by atoms with Crippen LogP contribution in [0.1, 0.15) is 32.1 Å². The summed E-state index contributed by atoms with van der Waals surface area (Å²) in [6.07, 6.45) is -2.04. The summed E-state index contributed by atoms with van der Waals surface area (Å²) in [7, 11) is 1.24. The quantitative estimate of drug-likeness (QED) is 0.269. The van der Waals surface area contributed by atoms with Gasteiger partial charge < -0.3 is 40.9 Å². The van der Waals surface area contributed by atoms with Crippen molar-refractivity contribution in [2.24, 2.45) is 0 Å². The molecule has 1 fully saturated rings. The van der Waals surface area contributed by atoms with Gasteiger partial charge in [-0.1, -0.05) is 19.3 Å². The van der Waals surface area contributed by atoms with E-state index in [-0.39, 0.29) is 12.6 Å². The number of carbonyl (C=O) groups excluding carboxylic acids is 1. The molecule has 1 amide bonds. The molecule has 1 aliphatic rings. The molecule has 0 spiro atoms. The molecule has 0 bridgehead atoms.